The van der Waals surface area contributed by atoms with Crippen molar-refractivity contribution in [1.29, 1.82) is 0 Å². The molecule has 0 aromatic heterocycles. The SMILES string of the molecule is CCCCCCCCOCCOCCOCCCC(=O)OCCCCCCCCCCCCCCCC(C)C. The zero-order valence-electron chi connectivity index (χ0n) is 26.6. The van der Waals surface area contributed by atoms with E-state index in [0.29, 0.717) is 52.5 Å². The molecule has 0 aliphatic rings. The standard InChI is InChI=1S/C34H68O5/c1-4-5-6-7-18-21-26-36-29-31-38-32-30-37-27-23-25-34(35)39-28-22-19-16-14-12-10-8-9-11-13-15-17-20-24-33(2)3/h33H,4-32H2,1-3H3. The fourth-order valence-electron chi connectivity index (χ4n) is 4.70. The van der Waals surface area contributed by atoms with Gasteiger partial charge in [-0.05, 0) is 25.2 Å². The summed E-state index contributed by atoms with van der Waals surface area (Å²) in [5.74, 6) is 0.764. The number of hydrogen-bond acceptors (Lipinski definition) is 5. The fourth-order valence-corrected chi connectivity index (χ4v) is 4.70. The summed E-state index contributed by atoms with van der Waals surface area (Å²) in [4.78, 5) is 11.8. The molecule has 0 spiro atoms. The van der Waals surface area contributed by atoms with Crippen LogP contribution in [0.25, 0.3) is 0 Å². The summed E-state index contributed by atoms with van der Waals surface area (Å²) >= 11 is 0. The van der Waals surface area contributed by atoms with Gasteiger partial charge in [0.15, 0.2) is 0 Å². The summed E-state index contributed by atoms with van der Waals surface area (Å²) < 4.78 is 22.0. The first kappa shape index (κ1) is 38.4. The lowest BCUT2D eigenvalue weighted by Crippen LogP contribution is -2.11. The lowest BCUT2D eigenvalue weighted by Gasteiger charge is -2.07. The Bertz CT molecular complexity index is 469. The maximum atomic E-state index is 11.8. The number of hydrogen-bond donors (Lipinski definition) is 0. The highest BCUT2D eigenvalue weighted by Crippen LogP contribution is 2.14. The van der Waals surface area contributed by atoms with Crippen molar-refractivity contribution in [3.05, 3.63) is 0 Å². The minimum absolute atomic E-state index is 0.0997. The van der Waals surface area contributed by atoms with Gasteiger partial charge in [0.25, 0.3) is 0 Å². The molecular formula is C34H68O5. The molecule has 0 radical (unpaired) electrons. The third kappa shape index (κ3) is 35.3. The van der Waals surface area contributed by atoms with E-state index in [9.17, 15) is 4.79 Å². The first-order valence-electron chi connectivity index (χ1n) is 17.1. The summed E-state index contributed by atoms with van der Waals surface area (Å²) in [6.45, 7) is 11.3. The Morgan fingerprint density at radius 2 is 0.846 bits per heavy atom. The molecule has 0 aromatic carbocycles. The molecule has 0 rings (SSSR count). The molecule has 0 aliphatic heterocycles. The average molecular weight is 557 g/mol. The first-order chi connectivity index (χ1) is 19.2. The Labute approximate surface area is 243 Å². The summed E-state index contributed by atoms with van der Waals surface area (Å²) in [5.41, 5.74) is 0. The van der Waals surface area contributed by atoms with Crippen molar-refractivity contribution in [3.63, 3.8) is 0 Å². The van der Waals surface area contributed by atoms with Crippen molar-refractivity contribution < 1.29 is 23.7 Å². The monoisotopic (exact) mass is 557 g/mol. The van der Waals surface area contributed by atoms with Gasteiger partial charge in [0, 0.05) is 19.6 Å². The van der Waals surface area contributed by atoms with Crippen LogP contribution in [0.1, 0.15) is 162 Å². The smallest absolute Gasteiger partial charge is 0.305 e. The van der Waals surface area contributed by atoms with E-state index in [2.05, 4.69) is 20.8 Å². The molecule has 0 saturated carbocycles. The minimum atomic E-state index is -0.0997. The molecule has 0 N–H and O–H groups in total. The number of carbonyl (C=O) groups excluding carboxylic acids is 1. The number of rotatable bonds is 33. The third-order valence-corrected chi connectivity index (χ3v) is 7.24. The fraction of sp³-hybridized carbons (Fsp3) is 0.971. The predicted octanol–water partition coefficient (Wildman–Crippen LogP) is 9.84. The van der Waals surface area contributed by atoms with E-state index in [0.717, 1.165) is 31.8 Å². The molecule has 0 heterocycles. The Kier molecular flexibility index (Phi) is 33.0. The highest BCUT2D eigenvalue weighted by molar-refractivity contribution is 5.69. The van der Waals surface area contributed by atoms with Gasteiger partial charge in [0.2, 0.25) is 0 Å². The Hall–Kier alpha value is -0.650. The molecule has 234 valence electrons. The van der Waals surface area contributed by atoms with Crippen molar-refractivity contribution in [1.82, 2.24) is 0 Å². The minimum Gasteiger partial charge on any atom is -0.466 e. The molecule has 39 heavy (non-hydrogen) atoms. The van der Waals surface area contributed by atoms with Crippen LogP contribution in [0, 0.1) is 5.92 Å². The maximum absolute atomic E-state index is 11.8. The average Bonchev–Trinajstić information content (AvgIpc) is 2.92. The highest BCUT2D eigenvalue weighted by atomic mass is 16.5. The second-order valence-electron chi connectivity index (χ2n) is 11.7. The number of unbranched alkanes of at least 4 members (excludes halogenated alkanes) is 17. The van der Waals surface area contributed by atoms with Crippen molar-refractivity contribution in [2.75, 3.05) is 46.2 Å². The Balaban J connectivity index is 3.15. The van der Waals surface area contributed by atoms with E-state index in [1.54, 1.807) is 0 Å². The van der Waals surface area contributed by atoms with Gasteiger partial charge in [-0.3, -0.25) is 4.79 Å². The lowest BCUT2D eigenvalue weighted by atomic mass is 10.0. The second kappa shape index (κ2) is 33.6. The van der Waals surface area contributed by atoms with Crippen LogP contribution >= 0.6 is 0 Å². The predicted molar refractivity (Wildman–Crippen MR) is 166 cm³/mol. The van der Waals surface area contributed by atoms with E-state index in [1.807, 2.05) is 0 Å². The zero-order chi connectivity index (χ0) is 28.5. The van der Waals surface area contributed by atoms with Crippen LogP contribution in [0.3, 0.4) is 0 Å². The molecule has 0 saturated heterocycles. The maximum Gasteiger partial charge on any atom is 0.305 e. The lowest BCUT2D eigenvalue weighted by molar-refractivity contribution is -0.144. The van der Waals surface area contributed by atoms with Gasteiger partial charge in [-0.25, -0.2) is 0 Å². The summed E-state index contributed by atoms with van der Waals surface area (Å²) in [6, 6.07) is 0. The van der Waals surface area contributed by atoms with Crippen molar-refractivity contribution in [3.8, 4) is 0 Å². The first-order valence-corrected chi connectivity index (χ1v) is 17.1. The van der Waals surface area contributed by atoms with Gasteiger partial charge in [0.1, 0.15) is 0 Å². The van der Waals surface area contributed by atoms with Crippen LogP contribution in [-0.4, -0.2) is 52.2 Å². The van der Waals surface area contributed by atoms with Crippen LogP contribution in [-0.2, 0) is 23.7 Å². The molecule has 0 atom stereocenters. The molecule has 0 bridgehead atoms. The summed E-state index contributed by atoms with van der Waals surface area (Å²) in [5, 5.41) is 0. The van der Waals surface area contributed by atoms with Crippen LogP contribution in [0.15, 0.2) is 0 Å². The summed E-state index contributed by atoms with van der Waals surface area (Å²) in [6.07, 6.45) is 27.6. The van der Waals surface area contributed by atoms with Gasteiger partial charge in [-0.15, -0.1) is 0 Å². The van der Waals surface area contributed by atoms with E-state index in [-0.39, 0.29) is 5.97 Å². The number of esters is 1. The molecule has 0 unspecified atom stereocenters. The number of carbonyl (C=O) groups is 1. The van der Waals surface area contributed by atoms with E-state index in [1.165, 1.54) is 109 Å². The molecule has 0 amide bonds. The Morgan fingerprint density at radius 3 is 1.33 bits per heavy atom. The van der Waals surface area contributed by atoms with Crippen molar-refractivity contribution in [2.24, 2.45) is 5.92 Å². The largest absolute Gasteiger partial charge is 0.466 e. The van der Waals surface area contributed by atoms with E-state index < -0.39 is 0 Å². The normalized spacial score (nSPS) is 11.5. The molecular weight excluding hydrogens is 488 g/mol. The van der Waals surface area contributed by atoms with Crippen LogP contribution < -0.4 is 0 Å². The quantitative estimate of drug-likeness (QED) is 0.0594. The highest BCUT2D eigenvalue weighted by Gasteiger charge is 2.03. The molecule has 5 nitrogen and oxygen atoms in total. The molecule has 0 fully saturated rings. The molecule has 5 heteroatoms. The molecule has 0 aromatic rings. The van der Waals surface area contributed by atoms with Gasteiger partial charge in [-0.2, -0.15) is 0 Å². The zero-order valence-corrected chi connectivity index (χ0v) is 26.6. The molecule has 0 aliphatic carbocycles. The summed E-state index contributed by atoms with van der Waals surface area (Å²) in [7, 11) is 0. The van der Waals surface area contributed by atoms with Crippen LogP contribution in [0.5, 0.6) is 0 Å². The van der Waals surface area contributed by atoms with Gasteiger partial charge in [0.05, 0.1) is 33.0 Å². The van der Waals surface area contributed by atoms with E-state index in [4.69, 9.17) is 18.9 Å². The third-order valence-electron chi connectivity index (χ3n) is 7.24. The van der Waals surface area contributed by atoms with Crippen molar-refractivity contribution in [2.45, 2.75) is 162 Å². The number of ether oxygens (including phenoxy) is 4. The van der Waals surface area contributed by atoms with Crippen LogP contribution in [0.4, 0.5) is 0 Å². The van der Waals surface area contributed by atoms with Gasteiger partial charge >= 0.3 is 5.97 Å². The van der Waals surface area contributed by atoms with Crippen LogP contribution in [0.2, 0.25) is 0 Å². The van der Waals surface area contributed by atoms with Gasteiger partial charge < -0.3 is 18.9 Å². The topological polar surface area (TPSA) is 54.0 Å². The van der Waals surface area contributed by atoms with E-state index >= 15 is 0 Å². The van der Waals surface area contributed by atoms with Gasteiger partial charge in [-0.1, -0.05) is 136 Å². The Morgan fingerprint density at radius 1 is 0.462 bits per heavy atom. The van der Waals surface area contributed by atoms with Crippen molar-refractivity contribution >= 4 is 5.97 Å². The second-order valence-corrected chi connectivity index (χ2v) is 11.7.